The van der Waals surface area contributed by atoms with Gasteiger partial charge >= 0.3 is 0 Å². The number of rotatable bonds is 12. The van der Waals surface area contributed by atoms with Crippen molar-refractivity contribution in [2.45, 2.75) is 70.7 Å². The number of ether oxygens (including phenoxy) is 5. The van der Waals surface area contributed by atoms with Crippen LogP contribution < -0.4 is 4.74 Å². The van der Waals surface area contributed by atoms with Crippen molar-refractivity contribution >= 4 is 0 Å². The molecule has 1 aromatic carbocycles. The molecule has 0 bridgehead atoms. The zero-order valence-electron chi connectivity index (χ0n) is 17.8. The molecule has 0 unspecified atom stereocenters. The molecular formula is C22H36O6. The van der Waals surface area contributed by atoms with Crippen LogP contribution >= 0.6 is 0 Å². The van der Waals surface area contributed by atoms with Crippen molar-refractivity contribution in [3.63, 3.8) is 0 Å². The average molecular weight is 397 g/mol. The lowest BCUT2D eigenvalue weighted by molar-refractivity contribution is -0.177. The van der Waals surface area contributed by atoms with Gasteiger partial charge in [0.25, 0.3) is 0 Å². The Hall–Kier alpha value is -1.18. The van der Waals surface area contributed by atoms with Crippen molar-refractivity contribution in [2.24, 2.45) is 5.92 Å². The highest BCUT2D eigenvalue weighted by atomic mass is 16.7. The quantitative estimate of drug-likeness (QED) is 0.583. The maximum Gasteiger partial charge on any atom is 0.168 e. The standard InChI is InChI=1S/C22H36O6/c1-6-22(7-2)27-15-19(28-22)12-20(16(3)21(13-23)25-5)26-14-17-8-10-18(24-4)11-9-17/h8-11,16,19-21,23H,6-7,12-15H2,1-5H3/t16-,19-,20-,21-/m0/s1. The van der Waals surface area contributed by atoms with Gasteiger partial charge in [-0.15, -0.1) is 0 Å². The van der Waals surface area contributed by atoms with Crippen molar-refractivity contribution in [1.82, 2.24) is 0 Å². The van der Waals surface area contributed by atoms with E-state index in [4.69, 9.17) is 23.7 Å². The summed E-state index contributed by atoms with van der Waals surface area (Å²) in [5, 5.41) is 9.66. The molecule has 28 heavy (non-hydrogen) atoms. The Kier molecular flexibility index (Phi) is 9.18. The summed E-state index contributed by atoms with van der Waals surface area (Å²) >= 11 is 0. The molecule has 4 atom stereocenters. The molecule has 1 heterocycles. The minimum atomic E-state index is -0.480. The molecule has 6 heteroatoms. The molecule has 1 aliphatic rings. The zero-order chi connectivity index (χ0) is 20.6. The molecule has 0 radical (unpaired) electrons. The highest BCUT2D eigenvalue weighted by molar-refractivity contribution is 5.26. The van der Waals surface area contributed by atoms with Gasteiger partial charge in [0.05, 0.1) is 45.2 Å². The fraction of sp³-hybridized carbons (Fsp3) is 0.727. The van der Waals surface area contributed by atoms with Crippen LogP contribution in [0.3, 0.4) is 0 Å². The third kappa shape index (κ3) is 5.91. The van der Waals surface area contributed by atoms with Gasteiger partial charge < -0.3 is 28.8 Å². The molecule has 1 aliphatic heterocycles. The Morgan fingerprint density at radius 3 is 2.32 bits per heavy atom. The van der Waals surface area contributed by atoms with Crippen LogP contribution in [0.5, 0.6) is 5.75 Å². The Bertz CT molecular complexity index is 553. The van der Waals surface area contributed by atoms with E-state index < -0.39 is 5.79 Å². The molecule has 0 amide bonds. The molecular weight excluding hydrogens is 360 g/mol. The lowest BCUT2D eigenvalue weighted by atomic mass is 9.93. The predicted molar refractivity (Wildman–Crippen MR) is 107 cm³/mol. The van der Waals surface area contributed by atoms with Gasteiger partial charge in [0.1, 0.15) is 5.75 Å². The van der Waals surface area contributed by atoms with Crippen molar-refractivity contribution in [1.29, 1.82) is 0 Å². The Morgan fingerprint density at radius 2 is 1.82 bits per heavy atom. The van der Waals surface area contributed by atoms with Crippen LogP contribution in [0.25, 0.3) is 0 Å². The third-order valence-corrected chi connectivity index (χ3v) is 5.76. The van der Waals surface area contributed by atoms with Crippen molar-refractivity contribution < 1.29 is 28.8 Å². The Balaban J connectivity index is 2.04. The first-order chi connectivity index (χ1) is 13.5. The molecule has 1 saturated heterocycles. The summed E-state index contributed by atoms with van der Waals surface area (Å²) in [6.07, 6.45) is 1.90. The van der Waals surface area contributed by atoms with Crippen LogP contribution in [0.15, 0.2) is 24.3 Å². The van der Waals surface area contributed by atoms with Crippen molar-refractivity contribution in [2.75, 3.05) is 27.4 Å². The van der Waals surface area contributed by atoms with E-state index in [1.807, 2.05) is 31.2 Å². The van der Waals surface area contributed by atoms with Gasteiger partial charge in [0, 0.05) is 19.4 Å². The van der Waals surface area contributed by atoms with Crippen LogP contribution in [0.4, 0.5) is 0 Å². The minimum Gasteiger partial charge on any atom is -0.497 e. The van der Waals surface area contributed by atoms with E-state index >= 15 is 0 Å². The smallest absolute Gasteiger partial charge is 0.168 e. The summed E-state index contributed by atoms with van der Waals surface area (Å²) < 4.78 is 29.1. The number of aliphatic hydroxyl groups is 1. The van der Waals surface area contributed by atoms with Crippen LogP contribution in [0, 0.1) is 5.92 Å². The SMILES string of the molecule is CCC1(CC)OC[C@H](C[C@H](OCc2ccc(OC)cc2)[C@H](C)[C@H](CO)OC)O1. The molecule has 0 aromatic heterocycles. The largest absolute Gasteiger partial charge is 0.497 e. The van der Waals surface area contributed by atoms with Crippen LogP contribution in [0.2, 0.25) is 0 Å². The van der Waals surface area contributed by atoms with Gasteiger partial charge in [-0.3, -0.25) is 0 Å². The van der Waals surface area contributed by atoms with Crippen molar-refractivity contribution in [3.05, 3.63) is 29.8 Å². The van der Waals surface area contributed by atoms with Crippen LogP contribution in [-0.2, 0) is 25.6 Å². The number of benzene rings is 1. The third-order valence-electron chi connectivity index (χ3n) is 5.76. The van der Waals surface area contributed by atoms with E-state index in [1.165, 1.54) is 0 Å². The van der Waals surface area contributed by atoms with E-state index in [2.05, 4.69) is 13.8 Å². The molecule has 1 N–H and O–H groups in total. The molecule has 0 spiro atoms. The first kappa shape index (κ1) is 23.1. The number of methoxy groups -OCH3 is 2. The summed E-state index contributed by atoms with van der Waals surface area (Å²) in [5.41, 5.74) is 1.07. The second kappa shape index (κ2) is 11.1. The van der Waals surface area contributed by atoms with Gasteiger partial charge in [-0.2, -0.15) is 0 Å². The molecule has 1 aromatic rings. The monoisotopic (exact) mass is 396 g/mol. The maximum atomic E-state index is 9.66. The summed E-state index contributed by atoms with van der Waals surface area (Å²) in [6, 6.07) is 7.84. The average Bonchev–Trinajstić information content (AvgIpc) is 3.16. The van der Waals surface area contributed by atoms with E-state index in [-0.39, 0.29) is 30.8 Å². The first-order valence-corrected chi connectivity index (χ1v) is 10.2. The number of hydrogen-bond donors (Lipinski definition) is 1. The van der Waals surface area contributed by atoms with Gasteiger partial charge in [0.2, 0.25) is 0 Å². The summed E-state index contributed by atoms with van der Waals surface area (Å²) in [6.45, 7) is 7.20. The van der Waals surface area contributed by atoms with Gasteiger partial charge in [-0.25, -0.2) is 0 Å². The maximum absolute atomic E-state index is 9.66. The molecule has 0 saturated carbocycles. The predicted octanol–water partition coefficient (Wildman–Crippen LogP) is 3.55. The first-order valence-electron chi connectivity index (χ1n) is 10.2. The molecule has 160 valence electrons. The minimum absolute atomic E-state index is 0.00935. The van der Waals surface area contributed by atoms with Gasteiger partial charge in [-0.05, 0) is 30.5 Å². The fourth-order valence-electron chi connectivity index (χ4n) is 3.67. The van der Waals surface area contributed by atoms with Gasteiger partial charge in [0.15, 0.2) is 5.79 Å². The number of hydrogen-bond acceptors (Lipinski definition) is 6. The summed E-state index contributed by atoms with van der Waals surface area (Å²) in [7, 11) is 3.27. The lowest BCUT2D eigenvalue weighted by Gasteiger charge is -2.31. The Morgan fingerprint density at radius 1 is 1.14 bits per heavy atom. The normalized spacial score (nSPS) is 22.0. The fourth-order valence-corrected chi connectivity index (χ4v) is 3.67. The van der Waals surface area contributed by atoms with Crippen LogP contribution in [0.1, 0.15) is 45.6 Å². The van der Waals surface area contributed by atoms with Gasteiger partial charge in [-0.1, -0.05) is 32.9 Å². The Labute approximate surface area is 169 Å². The van der Waals surface area contributed by atoms with E-state index in [0.29, 0.717) is 19.6 Å². The number of aliphatic hydroxyl groups excluding tert-OH is 1. The second-order valence-electron chi connectivity index (χ2n) is 7.42. The molecule has 6 nitrogen and oxygen atoms in total. The molecule has 1 fully saturated rings. The lowest BCUT2D eigenvalue weighted by Crippen LogP contribution is -2.38. The van der Waals surface area contributed by atoms with Crippen LogP contribution in [-0.4, -0.2) is 56.6 Å². The summed E-state index contributed by atoms with van der Waals surface area (Å²) in [5.74, 6) is 0.349. The molecule has 2 rings (SSSR count). The zero-order valence-corrected chi connectivity index (χ0v) is 17.8. The summed E-state index contributed by atoms with van der Waals surface area (Å²) in [4.78, 5) is 0. The topological polar surface area (TPSA) is 66.4 Å². The van der Waals surface area contributed by atoms with E-state index in [9.17, 15) is 5.11 Å². The van der Waals surface area contributed by atoms with E-state index in [1.54, 1.807) is 14.2 Å². The van der Waals surface area contributed by atoms with Crippen molar-refractivity contribution in [3.8, 4) is 5.75 Å². The molecule has 0 aliphatic carbocycles. The highest BCUT2D eigenvalue weighted by Crippen LogP contribution is 2.33. The second-order valence-corrected chi connectivity index (χ2v) is 7.42. The highest BCUT2D eigenvalue weighted by Gasteiger charge is 2.40. The van der Waals surface area contributed by atoms with E-state index in [0.717, 1.165) is 24.2 Å².